The van der Waals surface area contributed by atoms with Crippen molar-refractivity contribution < 1.29 is 48.0 Å². The molecule has 5 heterocycles. The summed E-state index contributed by atoms with van der Waals surface area (Å²) in [5, 5.41) is 11.4. The zero-order chi connectivity index (χ0) is 42.1. The van der Waals surface area contributed by atoms with Gasteiger partial charge >= 0.3 is 12.1 Å². The fraction of sp³-hybridized carbons (Fsp3) is 0.762. The number of ether oxygens (including phenoxy) is 5. The van der Waals surface area contributed by atoms with E-state index in [4.69, 9.17) is 23.7 Å². The highest BCUT2D eigenvalue weighted by Gasteiger charge is 2.54. The van der Waals surface area contributed by atoms with Crippen LogP contribution < -0.4 is 0 Å². The van der Waals surface area contributed by atoms with Crippen LogP contribution in [0.25, 0.3) is 11.2 Å². The van der Waals surface area contributed by atoms with Gasteiger partial charge in [-0.05, 0) is 93.0 Å². The van der Waals surface area contributed by atoms with Gasteiger partial charge < -0.3 is 43.2 Å². The van der Waals surface area contributed by atoms with Gasteiger partial charge in [0.25, 0.3) is 0 Å². The minimum atomic E-state index is -1.26. The fourth-order valence-corrected chi connectivity index (χ4v) is 9.30. The van der Waals surface area contributed by atoms with Crippen molar-refractivity contribution in [1.82, 2.24) is 24.3 Å². The summed E-state index contributed by atoms with van der Waals surface area (Å²) in [6, 6.07) is 2.81. The molecule has 3 aliphatic heterocycles. The van der Waals surface area contributed by atoms with Gasteiger partial charge in [0, 0.05) is 49.2 Å². The van der Waals surface area contributed by atoms with E-state index in [0.717, 1.165) is 5.52 Å². The van der Waals surface area contributed by atoms with Crippen LogP contribution in [0.5, 0.6) is 0 Å². The van der Waals surface area contributed by atoms with Crippen LogP contribution in [0.15, 0.2) is 24.7 Å². The van der Waals surface area contributed by atoms with Gasteiger partial charge in [0.1, 0.15) is 23.9 Å². The van der Waals surface area contributed by atoms with E-state index in [2.05, 4.69) is 28.4 Å². The number of methoxy groups -OCH3 is 1. The van der Waals surface area contributed by atoms with Crippen LogP contribution in [-0.4, -0.2) is 135 Å². The normalized spacial score (nSPS) is 36.3. The molecule has 0 saturated carbocycles. The molecule has 2 aromatic rings. The van der Waals surface area contributed by atoms with Crippen molar-refractivity contribution >= 4 is 34.8 Å². The number of likely N-dealkylation sites (N-methyl/N-ethyl adjacent to an activating group) is 1. The Morgan fingerprint density at radius 3 is 2.39 bits per heavy atom. The maximum Gasteiger partial charge on any atom is 0.410 e. The van der Waals surface area contributed by atoms with Crippen LogP contribution in [0.3, 0.4) is 0 Å². The third-order valence-corrected chi connectivity index (χ3v) is 12.8. The zero-order valence-corrected chi connectivity index (χ0v) is 35.8. The van der Waals surface area contributed by atoms with Gasteiger partial charge in [-0.3, -0.25) is 14.4 Å². The van der Waals surface area contributed by atoms with E-state index in [1.54, 1.807) is 38.2 Å². The number of hydrogen-bond donors (Lipinski definition) is 1. The van der Waals surface area contributed by atoms with Crippen molar-refractivity contribution in [3.8, 4) is 0 Å². The lowest BCUT2D eigenvalue weighted by atomic mass is 9.75. The number of Topliss-reactive ketones (excluding diaryl/α,β-unsaturated/α-hetero) is 2. The predicted molar refractivity (Wildman–Crippen MR) is 211 cm³/mol. The standard InChI is InChI=1S/C42H65N5O10/c1-13-30-35-31(46(40(52)56-35)19-15-17-41(7,8)47-22-44-37-28(47)16-14-18-43-37)25(4)32(48)23(2)21-42(9,53-12)36(26(5)33(49)27(6)38(51)55-30)57-39-34(50)29(45(10)11)20-24(3)54-39/h14,16,18,22-27,29-31,34-36,39,50H,13,15,17,19-21H2,1-12H3/t23-,24-,25-,26+,27-,29+,30-,31-,34-,35-,36-,39+,42-/m1/s1. The molecule has 318 valence electrons. The molecule has 0 bridgehead atoms. The largest absolute Gasteiger partial charge is 0.458 e. The molecular weight excluding hydrogens is 734 g/mol. The summed E-state index contributed by atoms with van der Waals surface area (Å²) < 4.78 is 33.1. The van der Waals surface area contributed by atoms with Gasteiger partial charge in [-0.1, -0.05) is 27.7 Å². The highest BCUT2D eigenvalue weighted by molar-refractivity contribution is 6.00. The maximum atomic E-state index is 14.6. The molecule has 2 aromatic heterocycles. The second kappa shape index (κ2) is 17.8. The van der Waals surface area contributed by atoms with E-state index >= 15 is 0 Å². The highest BCUT2D eigenvalue weighted by Crippen LogP contribution is 2.39. The number of hydrogen-bond acceptors (Lipinski definition) is 13. The number of carbonyl (C=O) groups excluding carboxylic acids is 4. The molecule has 13 atom stereocenters. The van der Waals surface area contributed by atoms with Gasteiger partial charge in [0.15, 0.2) is 23.8 Å². The van der Waals surface area contributed by atoms with Crippen molar-refractivity contribution in [3.63, 3.8) is 0 Å². The number of aliphatic hydroxyl groups excluding tert-OH is 1. The quantitative estimate of drug-likeness (QED) is 0.258. The van der Waals surface area contributed by atoms with E-state index in [1.165, 1.54) is 14.0 Å². The number of rotatable bonds is 10. The third-order valence-electron chi connectivity index (χ3n) is 12.8. The van der Waals surface area contributed by atoms with Crippen LogP contribution in [-0.2, 0) is 43.6 Å². The highest BCUT2D eigenvalue weighted by atomic mass is 16.7. The fourth-order valence-electron chi connectivity index (χ4n) is 9.30. The number of aliphatic hydroxyl groups is 1. The van der Waals surface area contributed by atoms with Crippen LogP contribution in [0.1, 0.15) is 94.4 Å². The van der Waals surface area contributed by atoms with Crippen molar-refractivity contribution in [3.05, 3.63) is 24.7 Å². The minimum Gasteiger partial charge on any atom is -0.458 e. The summed E-state index contributed by atoms with van der Waals surface area (Å²) in [6.45, 7) is 16.7. The molecule has 0 spiro atoms. The first kappa shape index (κ1) is 44.6. The molecule has 5 rings (SSSR count). The first-order valence-electron chi connectivity index (χ1n) is 20.5. The molecule has 57 heavy (non-hydrogen) atoms. The summed E-state index contributed by atoms with van der Waals surface area (Å²) in [7, 11) is 5.24. The third kappa shape index (κ3) is 9.07. The molecule has 15 nitrogen and oxygen atoms in total. The van der Waals surface area contributed by atoms with Crippen LogP contribution in [0, 0.1) is 23.7 Å². The first-order chi connectivity index (χ1) is 26.8. The molecule has 3 aliphatic rings. The number of cyclic esters (lactones) is 1. The minimum absolute atomic E-state index is 0.134. The Bertz CT molecular complexity index is 1750. The SMILES string of the molecule is CC[C@H]1OC(=O)[C@H](C)C(=O)[C@H](C)[C@@H](O[C@@H]2O[C@H](C)C[C@H](N(C)C)[C@H]2O)[C@](C)(OC)C[C@@H](C)C(=O)[C@H](C)[C@@H]2[C@@H]1OC(=O)N2CCCC(C)(C)n1cnc2ncccc21. The zero-order valence-electron chi connectivity index (χ0n) is 35.8. The molecule has 0 unspecified atom stereocenters. The molecule has 0 radical (unpaired) electrons. The smallest absolute Gasteiger partial charge is 0.410 e. The maximum absolute atomic E-state index is 14.6. The summed E-state index contributed by atoms with van der Waals surface area (Å²) in [5.74, 6) is -4.89. The number of imidazole rings is 1. The topological polar surface area (TPSA) is 172 Å². The Morgan fingerprint density at radius 1 is 1.04 bits per heavy atom. The van der Waals surface area contributed by atoms with Gasteiger partial charge in [0.05, 0.1) is 35.7 Å². The Labute approximate surface area is 337 Å². The average Bonchev–Trinajstić information content (AvgIpc) is 3.76. The number of pyridine rings is 1. The van der Waals surface area contributed by atoms with E-state index in [1.807, 2.05) is 51.9 Å². The van der Waals surface area contributed by atoms with Crippen LogP contribution in [0.2, 0.25) is 0 Å². The van der Waals surface area contributed by atoms with E-state index in [0.29, 0.717) is 31.5 Å². The number of amides is 1. The Hall–Kier alpha value is -3.50. The summed E-state index contributed by atoms with van der Waals surface area (Å²) in [4.78, 5) is 68.9. The van der Waals surface area contributed by atoms with E-state index in [9.17, 15) is 24.3 Å². The van der Waals surface area contributed by atoms with Crippen LogP contribution >= 0.6 is 0 Å². The van der Waals surface area contributed by atoms with Crippen molar-refractivity contribution in [2.24, 2.45) is 23.7 Å². The van der Waals surface area contributed by atoms with Gasteiger partial charge in [-0.15, -0.1) is 0 Å². The lowest BCUT2D eigenvalue weighted by Crippen LogP contribution is -2.59. The van der Waals surface area contributed by atoms with Gasteiger partial charge in [-0.25, -0.2) is 14.8 Å². The predicted octanol–water partition coefficient (Wildman–Crippen LogP) is 4.76. The van der Waals surface area contributed by atoms with Crippen molar-refractivity contribution in [2.45, 2.75) is 154 Å². The molecular formula is C42H65N5O10. The number of ketones is 2. The molecule has 3 fully saturated rings. The van der Waals surface area contributed by atoms with E-state index < -0.39 is 83.9 Å². The number of fused-ring (bicyclic) bond motifs is 2. The monoisotopic (exact) mass is 799 g/mol. The second-order valence-corrected chi connectivity index (χ2v) is 17.6. The Kier molecular flexibility index (Phi) is 13.9. The number of nitrogens with zero attached hydrogens (tertiary/aromatic N) is 5. The second-order valence-electron chi connectivity index (χ2n) is 17.6. The number of esters is 1. The summed E-state index contributed by atoms with van der Waals surface area (Å²) in [6.07, 6.45) is -0.201. The lowest BCUT2D eigenvalue weighted by Gasteiger charge is -2.47. The van der Waals surface area contributed by atoms with E-state index in [-0.39, 0.29) is 36.3 Å². The summed E-state index contributed by atoms with van der Waals surface area (Å²) >= 11 is 0. The molecule has 1 N–H and O–H groups in total. The average molecular weight is 800 g/mol. The Balaban J connectivity index is 1.46. The molecule has 0 aromatic carbocycles. The molecule has 0 aliphatic carbocycles. The lowest BCUT2D eigenvalue weighted by molar-refractivity contribution is -0.295. The number of aromatic nitrogens is 3. The Morgan fingerprint density at radius 2 is 1.74 bits per heavy atom. The van der Waals surface area contributed by atoms with Crippen molar-refractivity contribution in [1.29, 1.82) is 0 Å². The van der Waals surface area contributed by atoms with Gasteiger partial charge in [-0.2, -0.15) is 0 Å². The molecule has 1 amide bonds. The van der Waals surface area contributed by atoms with Crippen LogP contribution in [0.4, 0.5) is 4.79 Å². The van der Waals surface area contributed by atoms with Crippen molar-refractivity contribution in [2.75, 3.05) is 27.7 Å². The van der Waals surface area contributed by atoms with Gasteiger partial charge in [0.2, 0.25) is 0 Å². The molecule has 3 saturated heterocycles. The summed E-state index contributed by atoms with van der Waals surface area (Å²) in [5.41, 5.74) is -0.0872. The molecule has 15 heteroatoms. The number of carbonyl (C=O) groups is 4. The first-order valence-corrected chi connectivity index (χ1v) is 20.5.